The predicted octanol–water partition coefficient (Wildman–Crippen LogP) is 2.30. The Kier molecular flexibility index (Phi) is 4.81. The van der Waals surface area contributed by atoms with E-state index in [1.807, 2.05) is 25.1 Å². The Morgan fingerprint density at radius 3 is 2.41 bits per heavy atom. The smallest absolute Gasteiger partial charge is 0.233 e. The number of aromatic nitrogens is 2. The maximum absolute atomic E-state index is 11.5. The van der Waals surface area contributed by atoms with Crippen molar-refractivity contribution in [1.29, 1.82) is 0 Å². The lowest BCUT2D eigenvalue weighted by Gasteiger charge is -2.11. The quantitative estimate of drug-likeness (QED) is 0.847. The summed E-state index contributed by atoms with van der Waals surface area (Å²) in [7, 11) is -1.77. The average molecular weight is 322 g/mol. The monoisotopic (exact) mass is 322 g/mol. The minimum Gasteiger partial charge on any atom is -0.495 e. The van der Waals surface area contributed by atoms with E-state index in [1.54, 1.807) is 26.2 Å². The number of methoxy groups -OCH3 is 1. The van der Waals surface area contributed by atoms with Gasteiger partial charge in [-0.15, -0.1) is 10.2 Å². The van der Waals surface area contributed by atoms with Gasteiger partial charge in [-0.25, -0.2) is 8.42 Å². The summed E-state index contributed by atoms with van der Waals surface area (Å²) in [6.07, 6.45) is 0. The van der Waals surface area contributed by atoms with Gasteiger partial charge in [0, 0.05) is 0 Å². The Morgan fingerprint density at radius 1 is 1.14 bits per heavy atom. The number of hydrogen-bond acceptors (Lipinski definition) is 6. The van der Waals surface area contributed by atoms with Crippen molar-refractivity contribution in [3.05, 3.63) is 35.9 Å². The SMILES string of the molecule is CCS(=O)(=O)Nc1ccc(Nc2cc(C)ccc2OC)nn1. The molecule has 8 heteroatoms. The largest absolute Gasteiger partial charge is 0.495 e. The maximum Gasteiger partial charge on any atom is 0.233 e. The number of nitrogens with one attached hydrogen (secondary N) is 2. The van der Waals surface area contributed by atoms with Crippen molar-refractivity contribution in [3.8, 4) is 5.75 Å². The molecule has 0 fully saturated rings. The third-order valence-corrected chi connectivity index (χ3v) is 4.20. The summed E-state index contributed by atoms with van der Waals surface area (Å²) in [5.41, 5.74) is 1.84. The van der Waals surface area contributed by atoms with E-state index in [4.69, 9.17) is 4.74 Å². The van der Waals surface area contributed by atoms with Crippen molar-refractivity contribution in [1.82, 2.24) is 10.2 Å². The van der Waals surface area contributed by atoms with Crippen LogP contribution in [0.3, 0.4) is 0 Å². The molecule has 1 aromatic heterocycles. The highest BCUT2D eigenvalue weighted by Gasteiger charge is 2.09. The number of anilines is 3. The number of nitrogens with zero attached hydrogens (tertiary/aromatic N) is 2. The molecule has 1 aromatic carbocycles. The molecule has 0 amide bonds. The lowest BCUT2D eigenvalue weighted by Crippen LogP contribution is -2.15. The molecule has 0 aliphatic heterocycles. The van der Waals surface area contributed by atoms with Gasteiger partial charge in [-0.2, -0.15) is 0 Å². The second-order valence-electron chi connectivity index (χ2n) is 4.64. The number of aryl methyl sites for hydroxylation is 1. The summed E-state index contributed by atoms with van der Waals surface area (Å²) in [6, 6.07) is 8.91. The fourth-order valence-corrected chi connectivity index (χ4v) is 2.31. The molecular formula is C14H18N4O3S. The molecule has 118 valence electrons. The topological polar surface area (TPSA) is 93.2 Å². The number of ether oxygens (including phenoxy) is 1. The van der Waals surface area contributed by atoms with Gasteiger partial charge in [-0.1, -0.05) is 6.07 Å². The van der Waals surface area contributed by atoms with E-state index in [1.165, 1.54) is 0 Å². The highest BCUT2D eigenvalue weighted by molar-refractivity contribution is 7.92. The number of sulfonamides is 1. The molecule has 0 unspecified atom stereocenters. The van der Waals surface area contributed by atoms with E-state index in [-0.39, 0.29) is 11.6 Å². The van der Waals surface area contributed by atoms with Gasteiger partial charge in [0.15, 0.2) is 11.6 Å². The van der Waals surface area contributed by atoms with Crippen LogP contribution in [0.1, 0.15) is 12.5 Å². The van der Waals surface area contributed by atoms with Gasteiger partial charge in [0.2, 0.25) is 10.0 Å². The molecule has 2 N–H and O–H groups in total. The van der Waals surface area contributed by atoms with E-state index in [9.17, 15) is 8.42 Å². The lowest BCUT2D eigenvalue weighted by molar-refractivity contribution is 0.416. The van der Waals surface area contributed by atoms with Crippen molar-refractivity contribution in [2.24, 2.45) is 0 Å². The van der Waals surface area contributed by atoms with Crippen LogP contribution in [0.4, 0.5) is 17.3 Å². The Labute approximate surface area is 129 Å². The van der Waals surface area contributed by atoms with Crippen LogP contribution >= 0.6 is 0 Å². The van der Waals surface area contributed by atoms with Crippen LogP contribution in [-0.2, 0) is 10.0 Å². The van der Waals surface area contributed by atoms with Crippen LogP contribution in [-0.4, -0.2) is 31.5 Å². The van der Waals surface area contributed by atoms with E-state index >= 15 is 0 Å². The van der Waals surface area contributed by atoms with E-state index < -0.39 is 10.0 Å². The summed E-state index contributed by atoms with van der Waals surface area (Å²) in [5, 5.41) is 10.9. The highest BCUT2D eigenvalue weighted by Crippen LogP contribution is 2.27. The Bertz CT molecular complexity index is 745. The molecule has 0 saturated carbocycles. The first-order chi connectivity index (χ1) is 10.4. The minimum atomic E-state index is -3.35. The first kappa shape index (κ1) is 16.0. The van der Waals surface area contributed by atoms with Gasteiger partial charge >= 0.3 is 0 Å². The van der Waals surface area contributed by atoms with Gasteiger partial charge in [0.25, 0.3) is 0 Å². The Balaban J connectivity index is 2.17. The molecule has 0 aliphatic carbocycles. The van der Waals surface area contributed by atoms with Crippen LogP contribution in [0, 0.1) is 6.92 Å². The first-order valence-corrected chi connectivity index (χ1v) is 8.34. The zero-order valence-electron chi connectivity index (χ0n) is 12.6. The van der Waals surface area contributed by atoms with Gasteiger partial charge < -0.3 is 10.1 Å². The molecule has 7 nitrogen and oxygen atoms in total. The summed E-state index contributed by atoms with van der Waals surface area (Å²) >= 11 is 0. The summed E-state index contributed by atoms with van der Waals surface area (Å²) in [6.45, 7) is 3.52. The second kappa shape index (κ2) is 6.61. The lowest BCUT2D eigenvalue weighted by atomic mass is 10.2. The molecule has 2 aromatic rings. The average Bonchev–Trinajstić information content (AvgIpc) is 2.49. The van der Waals surface area contributed by atoms with Gasteiger partial charge in [0.05, 0.1) is 18.6 Å². The fourth-order valence-electron chi connectivity index (χ4n) is 1.74. The zero-order chi connectivity index (χ0) is 16.2. The van der Waals surface area contributed by atoms with Crippen LogP contribution < -0.4 is 14.8 Å². The summed E-state index contributed by atoms with van der Waals surface area (Å²) in [5.74, 6) is 1.34. The van der Waals surface area contributed by atoms with Crippen molar-refractivity contribution >= 4 is 27.3 Å². The van der Waals surface area contributed by atoms with E-state index in [0.29, 0.717) is 11.6 Å². The molecule has 0 bridgehead atoms. The predicted molar refractivity (Wildman–Crippen MR) is 86.1 cm³/mol. The summed E-state index contributed by atoms with van der Waals surface area (Å²) in [4.78, 5) is 0. The molecule has 0 aliphatic rings. The van der Waals surface area contributed by atoms with Crippen LogP contribution in [0.15, 0.2) is 30.3 Å². The van der Waals surface area contributed by atoms with Crippen molar-refractivity contribution in [3.63, 3.8) is 0 Å². The molecular weight excluding hydrogens is 304 g/mol. The van der Waals surface area contributed by atoms with Crippen molar-refractivity contribution < 1.29 is 13.2 Å². The molecule has 22 heavy (non-hydrogen) atoms. The molecule has 0 radical (unpaired) electrons. The van der Waals surface area contributed by atoms with Gasteiger partial charge in [-0.3, -0.25) is 4.72 Å². The van der Waals surface area contributed by atoms with Gasteiger partial charge in [0.1, 0.15) is 5.75 Å². The summed E-state index contributed by atoms with van der Waals surface area (Å²) < 4.78 is 30.5. The van der Waals surface area contributed by atoms with E-state index in [2.05, 4.69) is 20.2 Å². The minimum absolute atomic E-state index is 0.0187. The number of rotatable bonds is 6. The number of benzene rings is 1. The molecule has 0 atom stereocenters. The molecule has 0 saturated heterocycles. The standard InChI is InChI=1S/C14H18N4O3S/c1-4-22(19,20)18-14-8-7-13(16-17-14)15-11-9-10(2)5-6-12(11)21-3/h5-9H,4H2,1-3H3,(H,15,16)(H,17,18). The molecule has 1 heterocycles. The van der Waals surface area contributed by atoms with E-state index in [0.717, 1.165) is 11.3 Å². The Hall–Kier alpha value is -2.35. The third kappa shape index (κ3) is 4.08. The zero-order valence-corrected chi connectivity index (χ0v) is 13.4. The van der Waals surface area contributed by atoms with Gasteiger partial charge in [-0.05, 0) is 43.7 Å². The normalized spacial score (nSPS) is 11.0. The first-order valence-electron chi connectivity index (χ1n) is 6.69. The Morgan fingerprint density at radius 2 is 1.82 bits per heavy atom. The number of hydrogen-bond donors (Lipinski definition) is 2. The molecule has 2 rings (SSSR count). The maximum atomic E-state index is 11.5. The highest BCUT2D eigenvalue weighted by atomic mass is 32.2. The second-order valence-corrected chi connectivity index (χ2v) is 6.65. The third-order valence-electron chi connectivity index (χ3n) is 2.92. The van der Waals surface area contributed by atoms with Crippen LogP contribution in [0.25, 0.3) is 0 Å². The van der Waals surface area contributed by atoms with Crippen molar-refractivity contribution in [2.45, 2.75) is 13.8 Å². The fraction of sp³-hybridized carbons (Fsp3) is 0.286. The van der Waals surface area contributed by atoms with Crippen LogP contribution in [0.5, 0.6) is 5.75 Å². The van der Waals surface area contributed by atoms with Crippen LogP contribution in [0.2, 0.25) is 0 Å². The molecule has 0 spiro atoms. The van der Waals surface area contributed by atoms with Crippen molar-refractivity contribution in [2.75, 3.05) is 22.9 Å².